The molecule has 1 aromatic carbocycles. The van der Waals surface area contributed by atoms with Crippen LogP contribution in [0.1, 0.15) is 17.4 Å². The largest absolute Gasteiger partial charge is 0.497 e. The molecule has 0 aliphatic carbocycles. The lowest BCUT2D eigenvalue weighted by Gasteiger charge is -2.12. The second-order valence-corrected chi connectivity index (χ2v) is 4.56. The number of pyridine rings is 1. The van der Waals surface area contributed by atoms with Crippen molar-refractivity contribution in [1.82, 2.24) is 10.3 Å². The lowest BCUT2D eigenvalue weighted by molar-refractivity contribution is 0.175. The van der Waals surface area contributed by atoms with Gasteiger partial charge in [0.1, 0.15) is 5.75 Å². The Balaban J connectivity index is 1.73. The van der Waals surface area contributed by atoms with Gasteiger partial charge in [0.25, 0.3) is 0 Å². The van der Waals surface area contributed by atoms with E-state index in [1.807, 2.05) is 42.5 Å². The van der Waals surface area contributed by atoms with Gasteiger partial charge in [0, 0.05) is 31.4 Å². The fourth-order valence-electron chi connectivity index (χ4n) is 1.95. The van der Waals surface area contributed by atoms with Crippen molar-refractivity contribution in [3.63, 3.8) is 0 Å². The van der Waals surface area contributed by atoms with E-state index in [1.54, 1.807) is 13.3 Å². The van der Waals surface area contributed by atoms with Gasteiger partial charge < -0.3 is 15.2 Å². The fraction of sp³-hybridized carbons (Fsp3) is 0.312. The van der Waals surface area contributed by atoms with Crippen molar-refractivity contribution in [2.75, 3.05) is 20.2 Å². The van der Waals surface area contributed by atoms with Crippen LogP contribution in [0.25, 0.3) is 0 Å². The van der Waals surface area contributed by atoms with Gasteiger partial charge in [0.05, 0.1) is 13.2 Å². The predicted octanol–water partition coefficient (Wildman–Crippen LogP) is 1.96. The van der Waals surface area contributed by atoms with Crippen molar-refractivity contribution in [3.05, 3.63) is 59.9 Å². The molecule has 4 nitrogen and oxygen atoms in total. The maximum Gasteiger partial charge on any atom is 0.118 e. The molecule has 0 saturated heterocycles. The third kappa shape index (κ3) is 4.33. The zero-order chi connectivity index (χ0) is 14.2. The highest BCUT2D eigenvalue weighted by molar-refractivity contribution is 5.28. The summed E-state index contributed by atoms with van der Waals surface area (Å²) in [6, 6.07) is 13.4. The van der Waals surface area contributed by atoms with Crippen LogP contribution in [-0.4, -0.2) is 30.3 Å². The van der Waals surface area contributed by atoms with Crippen LogP contribution in [0, 0.1) is 0 Å². The third-order valence-electron chi connectivity index (χ3n) is 3.12. The molecule has 2 N–H and O–H groups in total. The SMILES string of the molecule is COc1ccc(C(O)CNCCc2ccccn2)cc1. The van der Waals surface area contributed by atoms with Gasteiger partial charge in [-0.2, -0.15) is 0 Å². The summed E-state index contributed by atoms with van der Waals surface area (Å²) in [4.78, 5) is 4.26. The lowest BCUT2D eigenvalue weighted by atomic mass is 10.1. The molecule has 4 heteroatoms. The van der Waals surface area contributed by atoms with Crippen LogP contribution >= 0.6 is 0 Å². The fourth-order valence-corrected chi connectivity index (χ4v) is 1.95. The topological polar surface area (TPSA) is 54.4 Å². The van der Waals surface area contributed by atoms with Crippen molar-refractivity contribution < 1.29 is 9.84 Å². The number of hydrogen-bond donors (Lipinski definition) is 2. The molecule has 1 unspecified atom stereocenters. The molecular weight excluding hydrogens is 252 g/mol. The summed E-state index contributed by atoms with van der Waals surface area (Å²) >= 11 is 0. The summed E-state index contributed by atoms with van der Waals surface area (Å²) in [5, 5.41) is 13.3. The molecule has 0 saturated carbocycles. The van der Waals surface area contributed by atoms with Gasteiger partial charge in [0.15, 0.2) is 0 Å². The Morgan fingerprint density at radius 3 is 2.65 bits per heavy atom. The van der Waals surface area contributed by atoms with Crippen LogP contribution in [0.2, 0.25) is 0 Å². The second-order valence-electron chi connectivity index (χ2n) is 4.56. The zero-order valence-corrected chi connectivity index (χ0v) is 11.6. The number of aliphatic hydroxyl groups excluding tert-OH is 1. The van der Waals surface area contributed by atoms with Crippen LogP contribution < -0.4 is 10.1 Å². The number of rotatable bonds is 7. The van der Waals surface area contributed by atoms with E-state index in [4.69, 9.17) is 4.74 Å². The van der Waals surface area contributed by atoms with Crippen molar-refractivity contribution in [1.29, 1.82) is 0 Å². The van der Waals surface area contributed by atoms with Gasteiger partial charge in [-0.3, -0.25) is 4.98 Å². The number of aliphatic hydroxyl groups is 1. The smallest absolute Gasteiger partial charge is 0.118 e. The number of methoxy groups -OCH3 is 1. The van der Waals surface area contributed by atoms with Gasteiger partial charge in [-0.25, -0.2) is 0 Å². The van der Waals surface area contributed by atoms with Gasteiger partial charge in [-0.15, -0.1) is 0 Å². The Morgan fingerprint density at radius 2 is 2.00 bits per heavy atom. The molecule has 0 spiro atoms. The monoisotopic (exact) mass is 272 g/mol. The minimum absolute atomic E-state index is 0.510. The Hall–Kier alpha value is -1.91. The van der Waals surface area contributed by atoms with Gasteiger partial charge in [0.2, 0.25) is 0 Å². The zero-order valence-electron chi connectivity index (χ0n) is 11.6. The summed E-state index contributed by atoms with van der Waals surface area (Å²) < 4.78 is 5.09. The molecule has 2 rings (SSSR count). The Bertz CT molecular complexity index is 500. The van der Waals surface area contributed by atoms with Crippen molar-refractivity contribution in [3.8, 4) is 5.75 Å². The van der Waals surface area contributed by atoms with Gasteiger partial charge in [-0.1, -0.05) is 18.2 Å². The summed E-state index contributed by atoms with van der Waals surface area (Å²) in [6.45, 7) is 1.32. The Labute approximate surface area is 119 Å². The summed E-state index contributed by atoms with van der Waals surface area (Å²) in [5.74, 6) is 0.795. The molecule has 20 heavy (non-hydrogen) atoms. The first-order valence-corrected chi connectivity index (χ1v) is 6.72. The van der Waals surface area contributed by atoms with E-state index in [0.717, 1.165) is 30.0 Å². The molecule has 0 aliphatic rings. The highest BCUT2D eigenvalue weighted by Crippen LogP contribution is 2.16. The van der Waals surface area contributed by atoms with Crippen molar-refractivity contribution in [2.45, 2.75) is 12.5 Å². The van der Waals surface area contributed by atoms with Crippen LogP contribution in [0.3, 0.4) is 0 Å². The highest BCUT2D eigenvalue weighted by Gasteiger charge is 2.06. The standard InChI is InChI=1S/C16H20N2O2/c1-20-15-7-5-13(6-8-15)16(19)12-17-11-9-14-4-2-3-10-18-14/h2-8,10,16-17,19H,9,11-12H2,1H3. The van der Waals surface area contributed by atoms with E-state index in [0.29, 0.717) is 6.54 Å². The van der Waals surface area contributed by atoms with Crippen molar-refractivity contribution in [2.24, 2.45) is 0 Å². The van der Waals surface area contributed by atoms with Crippen LogP contribution in [0.5, 0.6) is 5.75 Å². The Kier molecular flexibility index (Phi) is 5.53. The molecule has 1 aromatic heterocycles. The van der Waals surface area contributed by atoms with Crippen LogP contribution in [-0.2, 0) is 6.42 Å². The molecular formula is C16H20N2O2. The van der Waals surface area contributed by atoms with E-state index in [2.05, 4.69) is 10.3 Å². The minimum Gasteiger partial charge on any atom is -0.497 e. The van der Waals surface area contributed by atoms with Crippen LogP contribution in [0.4, 0.5) is 0 Å². The van der Waals surface area contributed by atoms with E-state index in [9.17, 15) is 5.11 Å². The van der Waals surface area contributed by atoms with E-state index in [1.165, 1.54) is 0 Å². The second kappa shape index (κ2) is 7.62. The molecule has 0 radical (unpaired) electrons. The summed E-state index contributed by atoms with van der Waals surface area (Å²) in [6.07, 6.45) is 2.14. The molecule has 0 fully saturated rings. The molecule has 0 amide bonds. The normalized spacial score (nSPS) is 12.1. The van der Waals surface area contributed by atoms with Crippen LogP contribution in [0.15, 0.2) is 48.7 Å². The third-order valence-corrected chi connectivity index (χ3v) is 3.12. The van der Waals surface area contributed by atoms with E-state index in [-0.39, 0.29) is 0 Å². The summed E-state index contributed by atoms with van der Waals surface area (Å²) in [5.41, 5.74) is 1.94. The lowest BCUT2D eigenvalue weighted by Crippen LogP contribution is -2.23. The molecule has 0 bridgehead atoms. The number of ether oxygens (including phenoxy) is 1. The van der Waals surface area contributed by atoms with Gasteiger partial charge in [-0.05, 0) is 29.8 Å². The first-order valence-electron chi connectivity index (χ1n) is 6.72. The van der Waals surface area contributed by atoms with E-state index < -0.39 is 6.10 Å². The van der Waals surface area contributed by atoms with Gasteiger partial charge >= 0.3 is 0 Å². The Morgan fingerprint density at radius 1 is 1.20 bits per heavy atom. The molecule has 1 atom stereocenters. The average molecular weight is 272 g/mol. The average Bonchev–Trinajstić information content (AvgIpc) is 2.52. The minimum atomic E-state index is -0.510. The quantitative estimate of drug-likeness (QED) is 0.757. The predicted molar refractivity (Wildman–Crippen MR) is 78.8 cm³/mol. The molecule has 1 heterocycles. The number of benzene rings is 1. The summed E-state index contributed by atoms with van der Waals surface area (Å²) in [7, 11) is 1.63. The first kappa shape index (κ1) is 14.5. The number of nitrogens with one attached hydrogen (secondary N) is 1. The first-order chi connectivity index (χ1) is 9.79. The van der Waals surface area contributed by atoms with Crippen molar-refractivity contribution >= 4 is 0 Å². The molecule has 0 aliphatic heterocycles. The number of aromatic nitrogens is 1. The molecule has 2 aromatic rings. The molecule has 106 valence electrons. The highest BCUT2D eigenvalue weighted by atomic mass is 16.5. The number of nitrogens with zero attached hydrogens (tertiary/aromatic N) is 1. The maximum atomic E-state index is 10.1. The van der Waals surface area contributed by atoms with E-state index >= 15 is 0 Å². The maximum absolute atomic E-state index is 10.1. The number of hydrogen-bond acceptors (Lipinski definition) is 4.